The van der Waals surface area contributed by atoms with Gasteiger partial charge >= 0.3 is 21.2 Å². The van der Waals surface area contributed by atoms with E-state index >= 15 is 0 Å². The van der Waals surface area contributed by atoms with Gasteiger partial charge in [0, 0.05) is 0 Å². The zero-order chi connectivity index (χ0) is 21.7. The van der Waals surface area contributed by atoms with Crippen molar-refractivity contribution in [2.45, 2.75) is 26.7 Å². The van der Waals surface area contributed by atoms with Crippen LogP contribution in [-0.2, 0) is 0 Å². The molecule has 0 aliphatic heterocycles. The van der Waals surface area contributed by atoms with Crippen LogP contribution in [0.2, 0.25) is 0 Å². The van der Waals surface area contributed by atoms with Crippen LogP contribution in [0, 0.1) is 43.2 Å². The topological polar surface area (TPSA) is 0 Å². The predicted molar refractivity (Wildman–Crippen MR) is 105 cm³/mol. The summed E-state index contributed by atoms with van der Waals surface area (Å²) in [5.41, 5.74) is 2.15. The van der Waals surface area contributed by atoms with Crippen LogP contribution in [0.3, 0.4) is 0 Å². The summed E-state index contributed by atoms with van der Waals surface area (Å²) in [7, 11) is -1.05. The Labute approximate surface area is 178 Å². The van der Waals surface area contributed by atoms with E-state index in [9.17, 15) is 22.0 Å². The molecule has 154 valence electrons. The van der Waals surface area contributed by atoms with Crippen LogP contribution in [0.5, 0.6) is 0 Å². The summed E-state index contributed by atoms with van der Waals surface area (Å²) in [6.45, 7) is 6.62. The van der Waals surface area contributed by atoms with Crippen LogP contribution in [0.25, 0.3) is 0 Å². The van der Waals surface area contributed by atoms with Crippen molar-refractivity contribution < 1.29 is 43.2 Å². The highest BCUT2D eigenvalue weighted by Crippen LogP contribution is 2.14. The summed E-state index contributed by atoms with van der Waals surface area (Å²) in [4.78, 5) is 0. The fourth-order valence-electron chi connectivity index (χ4n) is 2.13. The lowest BCUT2D eigenvalue weighted by Crippen LogP contribution is -3.61. The summed E-state index contributed by atoms with van der Waals surface area (Å²) in [6.07, 6.45) is 0. The first-order valence-corrected chi connectivity index (χ1v) is 10.6. The van der Waals surface area contributed by atoms with Gasteiger partial charge in [0.2, 0.25) is 0 Å². The molecule has 0 nitrogen and oxygen atoms in total. The fraction of sp³-hybridized carbons (Fsp3) is 0.182. The average molecular weight is 518 g/mol. The van der Waals surface area contributed by atoms with E-state index in [4.69, 9.17) is 0 Å². The minimum Gasteiger partial charge on any atom is -0.207 e. The van der Waals surface area contributed by atoms with Gasteiger partial charge in [-0.3, -0.25) is 0 Å². The summed E-state index contributed by atoms with van der Waals surface area (Å²) >= 11 is -0.0167. The average Bonchev–Trinajstić information content (AvgIpc) is 2.72. The van der Waals surface area contributed by atoms with Crippen molar-refractivity contribution in [2.75, 3.05) is 0 Å². The molecule has 7 heteroatoms. The molecule has 0 saturated heterocycles. The Hall–Kier alpha value is -1.90. The smallest absolute Gasteiger partial charge is 0.207 e. The van der Waals surface area contributed by atoms with Crippen LogP contribution in [-0.4, -0.2) is 7.85 Å². The van der Waals surface area contributed by atoms with E-state index in [1.54, 1.807) is 0 Å². The lowest BCUT2D eigenvalue weighted by molar-refractivity contribution is -0.597. The van der Waals surface area contributed by atoms with E-state index in [0.29, 0.717) is 5.92 Å². The third kappa shape index (κ3) is 6.04. The number of hydrogen-bond acceptors (Lipinski definition) is 0. The van der Waals surface area contributed by atoms with Crippen molar-refractivity contribution in [1.29, 1.82) is 0 Å². The summed E-state index contributed by atoms with van der Waals surface area (Å²) in [6, 6.07) is 18.1. The van der Waals surface area contributed by atoms with Gasteiger partial charge in [0.05, 0.1) is 0 Å². The van der Waals surface area contributed by atoms with Gasteiger partial charge < -0.3 is 0 Å². The van der Waals surface area contributed by atoms with Gasteiger partial charge in [-0.1, -0.05) is 43.7 Å². The third-order valence-electron chi connectivity index (χ3n) is 3.76. The monoisotopic (exact) mass is 518 g/mol. The lowest BCUT2D eigenvalue weighted by atomic mass is 9.94. The minimum absolute atomic E-state index is 0.0167. The van der Waals surface area contributed by atoms with Crippen molar-refractivity contribution in [3.63, 3.8) is 0 Å². The molecule has 0 aromatic heterocycles. The van der Waals surface area contributed by atoms with E-state index in [1.807, 2.05) is 0 Å². The summed E-state index contributed by atoms with van der Waals surface area (Å²) in [5, 5.41) is 0. The van der Waals surface area contributed by atoms with Gasteiger partial charge in [-0.25, -0.2) is 22.0 Å². The molecule has 0 fully saturated rings. The van der Waals surface area contributed by atoms with Crippen molar-refractivity contribution >= 4 is 13.3 Å². The molecule has 3 aromatic rings. The van der Waals surface area contributed by atoms with Crippen LogP contribution in [0.4, 0.5) is 22.0 Å². The number of benzene rings is 3. The predicted octanol–water partition coefficient (Wildman–Crippen LogP) is 1.62. The van der Waals surface area contributed by atoms with Gasteiger partial charge in [-0.15, -0.1) is 5.46 Å². The quantitative estimate of drug-likeness (QED) is 0.163. The highest BCUT2D eigenvalue weighted by Gasteiger charge is 2.19. The van der Waals surface area contributed by atoms with Crippen molar-refractivity contribution in [3.05, 3.63) is 95.9 Å². The normalized spacial score (nSPS) is 10.7. The van der Waals surface area contributed by atoms with E-state index in [-0.39, 0.29) is 21.2 Å². The maximum Gasteiger partial charge on any atom is 0.357 e. The van der Waals surface area contributed by atoms with Crippen molar-refractivity contribution in [3.8, 4) is 0 Å². The Morgan fingerprint density at radius 3 is 1.45 bits per heavy atom. The molecule has 0 aliphatic rings. The van der Waals surface area contributed by atoms with E-state index in [0.717, 1.165) is 0 Å². The number of halogens is 6. The van der Waals surface area contributed by atoms with E-state index in [1.165, 1.54) is 18.3 Å². The van der Waals surface area contributed by atoms with Gasteiger partial charge in [-0.2, -0.15) is 0 Å². The molecule has 0 N–H and O–H groups in total. The van der Waals surface area contributed by atoms with E-state index in [2.05, 4.69) is 69.3 Å². The Morgan fingerprint density at radius 2 is 1.03 bits per heavy atom. The SMILES string of the molecule is Cc1ccc([I+]c2ccc(C(C)C)cc2)cc1.[BH3-]c1c(F)c(F)c(F)c(F)c1F. The lowest BCUT2D eigenvalue weighted by Gasteiger charge is -2.06. The van der Waals surface area contributed by atoms with Crippen molar-refractivity contribution in [2.24, 2.45) is 0 Å². The molecule has 3 aromatic carbocycles. The second kappa shape index (κ2) is 10.2. The molecule has 3 rings (SSSR count). The van der Waals surface area contributed by atoms with Crippen LogP contribution >= 0.6 is 0 Å². The molecule has 0 bridgehead atoms. The molecule has 0 aliphatic carbocycles. The highest BCUT2D eigenvalue weighted by atomic mass is 127. The molecule has 0 saturated carbocycles. The second-order valence-electron chi connectivity index (χ2n) is 6.29. The van der Waals surface area contributed by atoms with Crippen LogP contribution < -0.4 is 26.7 Å². The maximum absolute atomic E-state index is 12.5. The van der Waals surface area contributed by atoms with Crippen LogP contribution in [0.15, 0.2) is 48.5 Å². The van der Waals surface area contributed by atoms with Crippen LogP contribution in [0.1, 0.15) is 30.9 Å². The Morgan fingerprint density at radius 1 is 0.655 bits per heavy atom. The molecule has 29 heavy (non-hydrogen) atoms. The standard InChI is InChI=1S/C16H18I.C6H3BF5/c1-12(2)14-6-10-16(11-7-14)17-15-8-4-13(3)5-9-15;7-1-2(8)4(10)6(12)5(11)3(1)9/h4-12H,1-3H3;7H3/q+1;-1. The third-order valence-corrected chi connectivity index (χ3v) is 6.44. The first-order chi connectivity index (χ1) is 13.6. The Balaban J connectivity index is 0.000000221. The summed E-state index contributed by atoms with van der Waals surface area (Å²) in [5.74, 6) is -8.51. The van der Waals surface area contributed by atoms with Gasteiger partial charge in [0.1, 0.15) is 11.6 Å². The number of hydrogen-bond donors (Lipinski definition) is 0. The molecule has 0 atom stereocenters. The van der Waals surface area contributed by atoms with Crippen molar-refractivity contribution in [1.82, 2.24) is 0 Å². The summed E-state index contributed by atoms with van der Waals surface area (Å²) < 4.78 is 64.8. The van der Waals surface area contributed by atoms with E-state index < -0.39 is 42.4 Å². The molecule has 0 radical (unpaired) electrons. The number of rotatable bonds is 3. The molecular weight excluding hydrogens is 497 g/mol. The molecule has 0 heterocycles. The van der Waals surface area contributed by atoms with Gasteiger partial charge in [-0.05, 0) is 50.5 Å². The Bertz CT molecular complexity index is 865. The molecule has 0 amide bonds. The van der Waals surface area contributed by atoms with Gasteiger partial charge in [0.25, 0.3) is 0 Å². The molecule has 0 unspecified atom stereocenters. The van der Waals surface area contributed by atoms with Gasteiger partial charge in [0.15, 0.2) is 24.6 Å². The first-order valence-electron chi connectivity index (χ1n) is 8.41. The number of aryl methyl sites for hydroxylation is 1. The molecule has 0 spiro atoms. The molecular formula is C22H21BF5I. The zero-order valence-corrected chi connectivity index (χ0v) is 17.6. The Kier molecular flexibility index (Phi) is 8.25. The first kappa shape index (κ1) is 23.4. The maximum atomic E-state index is 12.5. The largest absolute Gasteiger partial charge is 0.357 e. The highest BCUT2D eigenvalue weighted by molar-refractivity contribution is 6.32. The second-order valence-corrected chi connectivity index (χ2v) is 9.32. The zero-order valence-electron chi connectivity index (χ0n) is 15.5. The fourth-order valence-corrected chi connectivity index (χ4v) is 4.29. The minimum atomic E-state index is -2.09.